The molecule has 3 nitrogen and oxygen atoms in total. The molecule has 2 aromatic carbocycles. The van der Waals surface area contributed by atoms with Crippen LogP contribution in [0.3, 0.4) is 0 Å². The zero-order valence-electron chi connectivity index (χ0n) is 10.7. The molecule has 0 aromatic heterocycles. The lowest BCUT2D eigenvalue weighted by Crippen LogP contribution is -2.17. The number of benzene rings is 2. The van der Waals surface area contributed by atoms with E-state index in [1.807, 2.05) is 24.3 Å². The highest BCUT2D eigenvalue weighted by Gasteiger charge is 2.12. The number of nitrogens with two attached hydrogens (primary N) is 1. The van der Waals surface area contributed by atoms with Crippen LogP contribution in [-0.2, 0) is 17.8 Å². The Balaban J connectivity index is 2.13. The van der Waals surface area contributed by atoms with Crippen molar-refractivity contribution in [1.29, 1.82) is 0 Å². The van der Waals surface area contributed by atoms with E-state index >= 15 is 0 Å². The van der Waals surface area contributed by atoms with Crippen molar-refractivity contribution >= 4 is 27.5 Å². The number of halogens is 2. The summed E-state index contributed by atoms with van der Waals surface area (Å²) >= 11 is 3.21. The molecule has 0 radical (unpaired) electrons. The molecule has 0 bridgehead atoms. The minimum absolute atomic E-state index is 0.155. The Hall–Kier alpha value is -1.72. The zero-order valence-corrected chi connectivity index (χ0v) is 12.3. The van der Waals surface area contributed by atoms with E-state index in [0.717, 1.165) is 11.1 Å². The van der Waals surface area contributed by atoms with Crippen molar-refractivity contribution in [2.45, 2.75) is 13.0 Å². The standard InChI is InChI=1S/C15H14BrFN2O/c16-12-6-3-7-13(17)15(12)19-14(20)8-10-4-1-2-5-11(10)9-18/h1-7H,8-9,18H2,(H,19,20). The van der Waals surface area contributed by atoms with Crippen LogP contribution in [0.25, 0.3) is 0 Å². The number of amides is 1. The number of rotatable bonds is 4. The summed E-state index contributed by atoms with van der Waals surface area (Å²) in [6.45, 7) is 0.368. The lowest BCUT2D eigenvalue weighted by Gasteiger charge is -2.10. The fourth-order valence-corrected chi connectivity index (χ4v) is 2.34. The third-order valence-corrected chi connectivity index (χ3v) is 3.58. The molecule has 3 N–H and O–H groups in total. The van der Waals surface area contributed by atoms with E-state index < -0.39 is 5.82 Å². The molecule has 0 saturated heterocycles. The predicted octanol–water partition coefficient (Wildman–Crippen LogP) is 3.23. The van der Waals surface area contributed by atoms with Crippen molar-refractivity contribution in [3.8, 4) is 0 Å². The van der Waals surface area contributed by atoms with Crippen molar-refractivity contribution in [3.05, 3.63) is 63.9 Å². The smallest absolute Gasteiger partial charge is 0.228 e. The summed E-state index contributed by atoms with van der Waals surface area (Å²) in [5.74, 6) is -0.753. The van der Waals surface area contributed by atoms with Gasteiger partial charge in [-0.25, -0.2) is 4.39 Å². The number of carbonyl (C=O) groups is 1. The number of para-hydroxylation sites is 1. The molecule has 0 saturated carbocycles. The molecule has 0 atom stereocenters. The molecule has 0 aliphatic heterocycles. The highest BCUT2D eigenvalue weighted by Crippen LogP contribution is 2.25. The van der Waals surface area contributed by atoms with Gasteiger partial charge in [0.2, 0.25) is 5.91 Å². The highest BCUT2D eigenvalue weighted by atomic mass is 79.9. The molecule has 0 unspecified atom stereocenters. The molecule has 0 aliphatic rings. The monoisotopic (exact) mass is 336 g/mol. The quantitative estimate of drug-likeness (QED) is 0.900. The number of carbonyl (C=O) groups excluding carboxylic acids is 1. The van der Waals surface area contributed by atoms with Crippen molar-refractivity contribution in [1.82, 2.24) is 0 Å². The van der Waals surface area contributed by atoms with E-state index in [1.165, 1.54) is 6.07 Å². The fourth-order valence-electron chi connectivity index (χ4n) is 1.90. The first-order valence-corrected chi connectivity index (χ1v) is 6.92. The second-order valence-electron chi connectivity index (χ2n) is 4.29. The molecule has 2 aromatic rings. The second kappa shape index (κ2) is 6.63. The molecule has 1 amide bonds. The molecular weight excluding hydrogens is 323 g/mol. The maximum Gasteiger partial charge on any atom is 0.228 e. The molecular formula is C15H14BrFN2O. The summed E-state index contributed by atoms with van der Waals surface area (Å²) in [5, 5.41) is 2.58. The van der Waals surface area contributed by atoms with E-state index in [1.54, 1.807) is 12.1 Å². The first kappa shape index (κ1) is 14.7. The topological polar surface area (TPSA) is 55.1 Å². The minimum atomic E-state index is -0.472. The molecule has 104 valence electrons. The summed E-state index contributed by atoms with van der Waals surface area (Å²) in [7, 11) is 0. The maximum atomic E-state index is 13.6. The van der Waals surface area contributed by atoms with Crippen molar-refractivity contribution in [2.75, 3.05) is 5.32 Å². The van der Waals surface area contributed by atoms with Crippen LogP contribution < -0.4 is 11.1 Å². The Bertz CT molecular complexity index is 611. The average Bonchev–Trinajstić information content (AvgIpc) is 2.44. The molecule has 2 rings (SSSR count). The van der Waals surface area contributed by atoms with Gasteiger partial charge in [-0.05, 0) is 39.2 Å². The summed E-state index contributed by atoms with van der Waals surface area (Å²) in [6.07, 6.45) is 0.161. The number of hydrogen-bond acceptors (Lipinski definition) is 2. The summed E-state index contributed by atoms with van der Waals surface area (Å²) in [5.41, 5.74) is 7.54. The maximum absolute atomic E-state index is 13.6. The largest absolute Gasteiger partial charge is 0.326 e. The van der Waals surface area contributed by atoms with Gasteiger partial charge in [0, 0.05) is 11.0 Å². The first-order valence-electron chi connectivity index (χ1n) is 6.12. The Kier molecular flexibility index (Phi) is 4.87. The van der Waals surface area contributed by atoms with Crippen LogP contribution >= 0.6 is 15.9 Å². The molecule has 20 heavy (non-hydrogen) atoms. The van der Waals surface area contributed by atoms with E-state index in [2.05, 4.69) is 21.2 Å². The Morgan fingerprint density at radius 3 is 2.50 bits per heavy atom. The summed E-state index contributed by atoms with van der Waals surface area (Å²) in [4.78, 5) is 12.0. The van der Waals surface area contributed by atoms with Gasteiger partial charge >= 0.3 is 0 Å². The van der Waals surface area contributed by atoms with Gasteiger partial charge in [0.25, 0.3) is 0 Å². The van der Waals surface area contributed by atoms with Crippen molar-refractivity contribution < 1.29 is 9.18 Å². The van der Waals surface area contributed by atoms with Gasteiger partial charge in [0.1, 0.15) is 5.82 Å². The lowest BCUT2D eigenvalue weighted by molar-refractivity contribution is -0.115. The number of nitrogens with one attached hydrogen (secondary N) is 1. The predicted molar refractivity (Wildman–Crippen MR) is 80.8 cm³/mol. The van der Waals surface area contributed by atoms with Crippen LogP contribution in [0, 0.1) is 5.82 Å². The van der Waals surface area contributed by atoms with Gasteiger partial charge in [-0.1, -0.05) is 30.3 Å². The third kappa shape index (κ3) is 3.43. The molecule has 0 spiro atoms. The minimum Gasteiger partial charge on any atom is -0.326 e. The van der Waals surface area contributed by atoms with Crippen molar-refractivity contribution in [3.63, 3.8) is 0 Å². The van der Waals surface area contributed by atoms with Crippen LogP contribution in [-0.4, -0.2) is 5.91 Å². The molecule has 0 aliphatic carbocycles. The van der Waals surface area contributed by atoms with Crippen LogP contribution in [0.15, 0.2) is 46.9 Å². The van der Waals surface area contributed by atoms with Gasteiger partial charge < -0.3 is 11.1 Å². The molecule has 5 heteroatoms. The van der Waals surface area contributed by atoms with E-state index in [9.17, 15) is 9.18 Å². The Labute approximate surface area is 125 Å². The van der Waals surface area contributed by atoms with Crippen LogP contribution in [0.2, 0.25) is 0 Å². The third-order valence-electron chi connectivity index (χ3n) is 2.92. The number of anilines is 1. The van der Waals surface area contributed by atoms with Gasteiger partial charge in [-0.15, -0.1) is 0 Å². The highest BCUT2D eigenvalue weighted by molar-refractivity contribution is 9.10. The van der Waals surface area contributed by atoms with Crippen LogP contribution in [0.4, 0.5) is 10.1 Å². The average molecular weight is 337 g/mol. The van der Waals surface area contributed by atoms with Crippen molar-refractivity contribution in [2.24, 2.45) is 5.73 Å². The number of hydrogen-bond donors (Lipinski definition) is 2. The SMILES string of the molecule is NCc1ccccc1CC(=O)Nc1c(F)cccc1Br. The molecule has 0 fully saturated rings. The first-order chi connectivity index (χ1) is 9.61. The Morgan fingerprint density at radius 1 is 1.15 bits per heavy atom. The zero-order chi connectivity index (χ0) is 14.5. The van der Waals surface area contributed by atoms with E-state index in [-0.39, 0.29) is 18.0 Å². The van der Waals surface area contributed by atoms with Gasteiger partial charge in [-0.2, -0.15) is 0 Å². The van der Waals surface area contributed by atoms with Gasteiger partial charge in [0.05, 0.1) is 12.1 Å². The summed E-state index contributed by atoms with van der Waals surface area (Å²) in [6, 6.07) is 12.0. The van der Waals surface area contributed by atoms with E-state index in [0.29, 0.717) is 11.0 Å². The second-order valence-corrected chi connectivity index (χ2v) is 5.15. The van der Waals surface area contributed by atoms with Crippen LogP contribution in [0.5, 0.6) is 0 Å². The normalized spacial score (nSPS) is 10.3. The fraction of sp³-hybridized carbons (Fsp3) is 0.133. The van der Waals surface area contributed by atoms with Gasteiger partial charge in [-0.3, -0.25) is 4.79 Å². The van der Waals surface area contributed by atoms with Gasteiger partial charge in [0.15, 0.2) is 0 Å². The lowest BCUT2D eigenvalue weighted by atomic mass is 10.0. The summed E-state index contributed by atoms with van der Waals surface area (Å²) < 4.78 is 14.1. The van der Waals surface area contributed by atoms with E-state index in [4.69, 9.17) is 5.73 Å². The Morgan fingerprint density at radius 2 is 1.85 bits per heavy atom. The van der Waals surface area contributed by atoms with Crippen LogP contribution in [0.1, 0.15) is 11.1 Å². The molecule has 0 heterocycles.